The predicted octanol–water partition coefficient (Wildman–Crippen LogP) is 4.24. The molecule has 0 unspecified atom stereocenters. The number of halogens is 4. The van der Waals surface area contributed by atoms with Crippen LogP contribution in [0, 0.1) is 0 Å². The van der Waals surface area contributed by atoms with Crippen LogP contribution in [-0.2, 0) is 0 Å². The molecule has 3 aromatic heterocycles. The minimum absolute atomic E-state index is 0.0886. The Bertz CT molecular complexity index is 1340. The van der Waals surface area contributed by atoms with E-state index in [1.165, 1.54) is 34.7 Å². The molecule has 0 spiro atoms. The van der Waals surface area contributed by atoms with Crippen LogP contribution in [0.25, 0.3) is 28.1 Å². The second-order valence-electron chi connectivity index (χ2n) is 8.05. The van der Waals surface area contributed by atoms with Gasteiger partial charge in [0.25, 0.3) is 0 Å². The van der Waals surface area contributed by atoms with Gasteiger partial charge >= 0.3 is 6.18 Å². The smallest absolute Gasteiger partial charge is 0.408 e. The van der Waals surface area contributed by atoms with E-state index in [0.29, 0.717) is 39.9 Å². The van der Waals surface area contributed by atoms with Crippen LogP contribution in [0.2, 0.25) is 5.02 Å². The monoisotopic (exact) mass is 476 g/mol. The van der Waals surface area contributed by atoms with Crippen LogP contribution in [0.4, 0.5) is 13.2 Å². The van der Waals surface area contributed by atoms with Crippen LogP contribution < -0.4 is 10.5 Å². The third-order valence-electron chi connectivity index (χ3n) is 5.89. The summed E-state index contributed by atoms with van der Waals surface area (Å²) < 4.78 is 49.0. The van der Waals surface area contributed by atoms with Gasteiger partial charge in [0.2, 0.25) is 0 Å². The van der Waals surface area contributed by atoms with Crippen LogP contribution >= 0.6 is 11.6 Å². The van der Waals surface area contributed by atoms with Crippen molar-refractivity contribution in [1.82, 2.24) is 24.5 Å². The number of rotatable bonds is 4. The molecule has 4 heterocycles. The van der Waals surface area contributed by atoms with E-state index in [9.17, 15) is 13.2 Å². The maximum Gasteiger partial charge on any atom is 0.408 e. The van der Waals surface area contributed by atoms with Gasteiger partial charge in [0.15, 0.2) is 11.5 Å². The summed E-state index contributed by atoms with van der Waals surface area (Å²) in [7, 11) is 1.51. The Kier molecular flexibility index (Phi) is 5.38. The molecule has 33 heavy (non-hydrogen) atoms. The molecule has 5 rings (SSSR count). The van der Waals surface area contributed by atoms with Gasteiger partial charge in [-0.25, -0.2) is 4.98 Å². The van der Waals surface area contributed by atoms with E-state index in [0.717, 1.165) is 5.39 Å². The standard InChI is InChI=1S/C22H20ClF3N6O/c1-33-16-6-3-12-2-5-15(28-19(12)18(16)23)21-30-29-17-7-4-13(10-32(17)21)20(22(24,25)26)31-9-8-14(27)11-31/h2-7,10,14,20H,8-9,11,27H2,1H3/t14-,20+/m0/s1. The first-order chi connectivity index (χ1) is 15.8. The van der Waals surface area contributed by atoms with Crippen LogP contribution in [0.1, 0.15) is 18.0 Å². The Morgan fingerprint density at radius 2 is 1.94 bits per heavy atom. The van der Waals surface area contributed by atoms with Gasteiger partial charge in [0.05, 0.1) is 12.6 Å². The van der Waals surface area contributed by atoms with Gasteiger partial charge in [0.1, 0.15) is 22.5 Å². The highest BCUT2D eigenvalue weighted by Crippen LogP contribution is 2.39. The molecule has 1 aliphatic rings. The Morgan fingerprint density at radius 1 is 1.15 bits per heavy atom. The lowest BCUT2D eigenvalue weighted by Crippen LogP contribution is -2.38. The summed E-state index contributed by atoms with van der Waals surface area (Å²) in [6.07, 6.45) is -2.51. The molecule has 0 saturated carbocycles. The predicted molar refractivity (Wildman–Crippen MR) is 118 cm³/mol. The molecule has 0 radical (unpaired) electrons. The van der Waals surface area contributed by atoms with Crippen LogP contribution in [0.3, 0.4) is 0 Å². The molecule has 0 amide bonds. The largest absolute Gasteiger partial charge is 0.495 e. The second-order valence-corrected chi connectivity index (χ2v) is 8.43. The highest BCUT2D eigenvalue weighted by atomic mass is 35.5. The van der Waals surface area contributed by atoms with Crippen molar-refractivity contribution in [1.29, 1.82) is 0 Å². The van der Waals surface area contributed by atoms with Crippen molar-refractivity contribution in [3.05, 3.63) is 53.2 Å². The highest BCUT2D eigenvalue weighted by molar-refractivity contribution is 6.36. The number of likely N-dealkylation sites (tertiary alicyclic amines) is 1. The number of fused-ring (bicyclic) bond motifs is 2. The molecule has 4 aromatic rings. The number of benzene rings is 1. The normalized spacial score (nSPS) is 18.3. The maximum atomic E-state index is 14.1. The van der Waals surface area contributed by atoms with Crippen molar-refractivity contribution in [2.24, 2.45) is 5.73 Å². The number of methoxy groups -OCH3 is 1. The molecule has 1 aliphatic heterocycles. The fraction of sp³-hybridized carbons (Fsp3) is 0.318. The zero-order chi connectivity index (χ0) is 23.3. The molecule has 1 saturated heterocycles. The SMILES string of the molecule is COc1ccc2ccc(-c3nnc4ccc([C@@H](N5CC[C@H](N)C5)C(F)(F)F)cn34)nc2c1Cl. The first-order valence-corrected chi connectivity index (χ1v) is 10.7. The molecule has 11 heteroatoms. The van der Waals surface area contributed by atoms with Crippen molar-refractivity contribution >= 4 is 28.2 Å². The summed E-state index contributed by atoms with van der Waals surface area (Å²) in [6, 6.07) is 8.04. The first kappa shape index (κ1) is 21.9. The number of nitrogens with zero attached hydrogens (tertiary/aromatic N) is 5. The minimum Gasteiger partial charge on any atom is -0.495 e. The van der Waals surface area contributed by atoms with Crippen LogP contribution in [0.15, 0.2) is 42.6 Å². The molecule has 1 fully saturated rings. The topological polar surface area (TPSA) is 81.6 Å². The Morgan fingerprint density at radius 3 is 2.64 bits per heavy atom. The minimum atomic E-state index is -4.46. The lowest BCUT2D eigenvalue weighted by atomic mass is 10.1. The molecule has 2 atom stereocenters. The molecule has 7 nitrogen and oxygen atoms in total. The average molecular weight is 477 g/mol. The lowest BCUT2D eigenvalue weighted by Gasteiger charge is -2.30. The molecular formula is C22H20ClF3N6O. The summed E-state index contributed by atoms with van der Waals surface area (Å²) >= 11 is 6.42. The van der Waals surface area contributed by atoms with E-state index in [1.54, 1.807) is 12.1 Å². The third kappa shape index (κ3) is 3.88. The van der Waals surface area contributed by atoms with Crippen molar-refractivity contribution < 1.29 is 17.9 Å². The second kappa shape index (κ2) is 8.12. The molecule has 172 valence electrons. The summed E-state index contributed by atoms with van der Waals surface area (Å²) in [5.74, 6) is 0.783. The van der Waals surface area contributed by atoms with Gasteiger partial charge < -0.3 is 10.5 Å². The maximum absolute atomic E-state index is 14.1. The lowest BCUT2D eigenvalue weighted by molar-refractivity contribution is -0.183. The number of ether oxygens (including phenoxy) is 1. The fourth-order valence-electron chi connectivity index (χ4n) is 4.32. The summed E-state index contributed by atoms with van der Waals surface area (Å²) in [6.45, 7) is 0.467. The van der Waals surface area contributed by atoms with E-state index in [1.807, 2.05) is 12.1 Å². The van der Waals surface area contributed by atoms with E-state index < -0.39 is 12.2 Å². The summed E-state index contributed by atoms with van der Waals surface area (Å²) in [5, 5.41) is 9.42. The van der Waals surface area contributed by atoms with Crippen molar-refractivity contribution in [3.63, 3.8) is 0 Å². The molecule has 0 aliphatic carbocycles. The van der Waals surface area contributed by atoms with Gasteiger partial charge in [-0.1, -0.05) is 23.7 Å². The Labute approximate surface area is 191 Å². The van der Waals surface area contributed by atoms with Gasteiger partial charge in [-0.2, -0.15) is 13.2 Å². The van der Waals surface area contributed by atoms with Gasteiger partial charge in [-0.3, -0.25) is 9.30 Å². The zero-order valence-electron chi connectivity index (χ0n) is 17.6. The van der Waals surface area contributed by atoms with Crippen molar-refractivity contribution in [2.75, 3.05) is 20.2 Å². The zero-order valence-corrected chi connectivity index (χ0v) is 18.3. The van der Waals surface area contributed by atoms with E-state index in [4.69, 9.17) is 22.1 Å². The van der Waals surface area contributed by atoms with Crippen molar-refractivity contribution in [3.8, 4) is 17.3 Å². The van der Waals surface area contributed by atoms with Crippen LogP contribution in [0.5, 0.6) is 5.75 Å². The average Bonchev–Trinajstić information content (AvgIpc) is 3.39. The Balaban J connectivity index is 1.62. The molecule has 1 aromatic carbocycles. The highest BCUT2D eigenvalue weighted by Gasteiger charge is 2.46. The van der Waals surface area contributed by atoms with Gasteiger partial charge in [-0.05, 0) is 36.2 Å². The molecule has 2 N–H and O–H groups in total. The molecule has 0 bridgehead atoms. The van der Waals surface area contributed by atoms with Gasteiger partial charge in [0, 0.05) is 30.7 Å². The number of aromatic nitrogens is 4. The number of alkyl halides is 3. The van der Waals surface area contributed by atoms with E-state index in [2.05, 4.69) is 15.2 Å². The number of hydrogen-bond acceptors (Lipinski definition) is 6. The van der Waals surface area contributed by atoms with E-state index >= 15 is 0 Å². The Hall–Kier alpha value is -2.95. The number of hydrogen-bond donors (Lipinski definition) is 1. The first-order valence-electron chi connectivity index (χ1n) is 10.3. The summed E-state index contributed by atoms with van der Waals surface area (Å²) in [5.41, 5.74) is 7.30. The van der Waals surface area contributed by atoms with Crippen LogP contribution in [-0.4, -0.2) is 56.9 Å². The van der Waals surface area contributed by atoms with Gasteiger partial charge in [-0.15, -0.1) is 10.2 Å². The fourth-order valence-corrected chi connectivity index (χ4v) is 4.61. The molecular weight excluding hydrogens is 457 g/mol. The number of pyridine rings is 2. The van der Waals surface area contributed by atoms with E-state index in [-0.39, 0.29) is 24.7 Å². The summed E-state index contributed by atoms with van der Waals surface area (Å²) in [4.78, 5) is 5.97. The van der Waals surface area contributed by atoms with Crippen molar-refractivity contribution in [2.45, 2.75) is 24.7 Å². The third-order valence-corrected chi connectivity index (χ3v) is 6.25. The quantitative estimate of drug-likeness (QED) is 0.474. The number of nitrogens with two attached hydrogens (primary N) is 1.